The molecular formula is C29H32FN7O4. The number of pyridine rings is 2. The predicted octanol–water partition coefficient (Wildman–Crippen LogP) is 4.33. The minimum atomic E-state index is -0.647. The number of carbonyl (C=O) groups excluding carboxylic acids is 2. The second-order valence-corrected chi connectivity index (χ2v) is 9.49. The van der Waals surface area contributed by atoms with E-state index >= 15 is 0 Å². The molecular weight excluding hydrogens is 529 g/mol. The Morgan fingerprint density at radius 2 is 1.90 bits per heavy atom. The molecule has 2 N–H and O–H groups in total. The van der Waals surface area contributed by atoms with Gasteiger partial charge in [-0.3, -0.25) is 20.0 Å². The van der Waals surface area contributed by atoms with Crippen LogP contribution in [0.15, 0.2) is 48.8 Å². The zero-order valence-electron chi connectivity index (χ0n) is 23.0. The molecule has 0 saturated carbocycles. The van der Waals surface area contributed by atoms with Crippen LogP contribution < -0.4 is 10.1 Å². The molecule has 4 aromatic rings. The molecule has 1 aliphatic heterocycles. The first-order valence-electron chi connectivity index (χ1n) is 13.6. The Bertz CT molecular complexity index is 1520. The summed E-state index contributed by atoms with van der Waals surface area (Å²) in [4.78, 5) is 44.2. The zero-order chi connectivity index (χ0) is 28.8. The van der Waals surface area contributed by atoms with Crippen LogP contribution in [0, 0.1) is 5.82 Å². The van der Waals surface area contributed by atoms with E-state index in [0.29, 0.717) is 35.5 Å². The summed E-state index contributed by atoms with van der Waals surface area (Å²) in [5.74, 6) is 0.374. The number of nitrogens with one attached hydrogen (secondary N) is 2. The van der Waals surface area contributed by atoms with Crippen LogP contribution in [-0.4, -0.2) is 87.7 Å². The number of aromatic nitrogens is 4. The minimum absolute atomic E-state index is 0.140. The lowest BCUT2D eigenvalue weighted by Crippen LogP contribution is -2.49. The van der Waals surface area contributed by atoms with E-state index in [0.717, 1.165) is 43.9 Å². The standard InChI is InChI=1S/C29H32FN7O4/c1-3-25(38)37-12-10-36(11-13-37)14-15-41-24-8-7-19(18-32-24)20-16-21(26-22(30)6-5-9-31-26)27-23(17-20)33-28(34-27)35-29(39)40-4-2/h5-9,16-18H,3-4,10-15H2,1-2H3,(H2,33,34,35,39). The van der Waals surface area contributed by atoms with Crippen molar-refractivity contribution in [1.82, 2.24) is 29.7 Å². The number of carbonyl (C=O) groups is 2. The van der Waals surface area contributed by atoms with E-state index in [-0.39, 0.29) is 24.2 Å². The van der Waals surface area contributed by atoms with E-state index in [1.165, 1.54) is 18.3 Å². The monoisotopic (exact) mass is 561 g/mol. The molecule has 12 heteroatoms. The summed E-state index contributed by atoms with van der Waals surface area (Å²) in [6.07, 6.45) is 3.10. The molecule has 0 bridgehead atoms. The normalized spacial score (nSPS) is 13.8. The Morgan fingerprint density at radius 3 is 2.61 bits per heavy atom. The Hall–Kier alpha value is -4.58. The summed E-state index contributed by atoms with van der Waals surface area (Å²) >= 11 is 0. The molecule has 0 unspecified atom stereocenters. The third kappa shape index (κ3) is 6.60. The first-order valence-corrected chi connectivity index (χ1v) is 13.6. The maximum absolute atomic E-state index is 14.8. The van der Waals surface area contributed by atoms with Gasteiger partial charge in [-0.05, 0) is 42.8 Å². The van der Waals surface area contributed by atoms with Gasteiger partial charge in [0.1, 0.15) is 23.6 Å². The summed E-state index contributed by atoms with van der Waals surface area (Å²) in [6, 6.07) is 10.2. The third-order valence-electron chi connectivity index (χ3n) is 6.85. The van der Waals surface area contributed by atoms with Crippen molar-refractivity contribution >= 4 is 29.0 Å². The van der Waals surface area contributed by atoms with Crippen LogP contribution in [0.1, 0.15) is 20.3 Å². The van der Waals surface area contributed by atoms with Gasteiger partial charge in [0.15, 0.2) is 0 Å². The maximum Gasteiger partial charge on any atom is 0.413 e. The summed E-state index contributed by atoms with van der Waals surface area (Å²) < 4.78 is 25.6. The zero-order valence-corrected chi connectivity index (χ0v) is 23.0. The predicted molar refractivity (Wildman–Crippen MR) is 152 cm³/mol. The van der Waals surface area contributed by atoms with Crippen LogP contribution in [0.5, 0.6) is 5.88 Å². The van der Waals surface area contributed by atoms with Gasteiger partial charge in [-0.2, -0.15) is 0 Å². The second kappa shape index (κ2) is 12.7. The van der Waals surface area contributed by atoms with Crippen molar-refractivity contribution in [2.45, 2.75) is 20.3 Å². The van der Waals surface area contributed by atoms with Crippen molar-refractivity contribution in [3.8, 4) is 28.3 Å². The number of benzene rings is 1. The van der Waals surface area contributed by atoms with Crippen LogP contribution in [0.2, 0.25) is 0 Å². The molecule has 1 aliphatic rings. The van der Waals surface area contributed by atoms with Crippen molar-refractivity contribution < 1.29 is 23.5 Å². The highest BCUT2D eigenvalue weighted by Crippen LogP contribution is 2.34. The topological polar surface area (TPSA) is 126 Å². The highest BCUT2D eigenvalue weighted by atomic mass is 19.1. The van der Waals surface area contributed by atoms with Crippen LogP contribution in [0.4, 0.5) is 15.1 Å². The number of halogens is 1. The SMILES string of the molecule is CCOC(=O)Nc1nc2c(-c3ncccc3F)cc(-c3ccc(OCCN4CCN(C(=O)CC)CC4)nc3)cc2[nH]1. The fourth-order valence-electron chi connectivity index (χ4n) is 4.73. The summed E-state index contributed by atoms with van der Waals surface area (Å²) in [5, 5.41) is 2.55. The van der Waals surface area contributed by atoms with Crippen molar-refractivity contribution in [1.29, 1.82) is 0 Å². The molecule has 3 aromatic heterocycles. The van der Waals surface area contributed by atoms with E-state index in [2.05, 4.69) is 30.2 Å². The van der Waals surface area contributed by atoms with Gasteiger partial charge in [-0.25, -0.2) is 19.2 Å². The van der Waals surface area contributed by atoms with Crippen LogP contribution >= 0.6 is 0 Å². The number of nitrogens with zero attached hydrogens (tertiary/aromatic N) is 5. The van der Waals surface area contributed by atoms with Gasteiger partial charge in [0.05, 0.1) is 12.1 Å². The molecule has 1 fully saturated rings. The molecule has 11 nitrogen and oxygen atoms in total. The van der Waals surface area contributed by atoms with Crippen molar-refractivity contribution in [3.05, 3.63) is 54.6 Å². The van der Waals surface area contributed by atoms with Crippen molar-refractivity contribution in [2.75, 3.05) is 51.3 Å². The number of amides is 2. The van der Waals surface area contributed by atoms with Gasteiger partial charge >= 0.3 is 6.09 Å². The molecule has 214 valence electrons. The number of fused-ring (bicyclic) bond motifs is 1. The molecule has 2 amide bonds. The molecule has 0 spiro atoms. The van der Waals surface area contributed by atoms with Gasteiger partial charge in [0.2, 0.25) is 17.7 Å². The lowest BCUT2D eigenvalue weighted by molar-refractivity contribution is -0.132. The molecule has 0 radical (unpaired) electrons. The van der Waals surface area contributed by atoms with E-state index in [9.17, 15) is 14.0 Å². The smallest absolute Gasteiger partial charge is 0.413 e. The lowest BCUT2D eigenvalue weighted by atomic mass is 10.0. The Labute approximate surface area is 236 Å². The average Bonchev–Trinajstić information content (AvgIpc) is 3.39. The molecule has 0 aliphatic carbocycles. The Balaban J connectivity index is 1.31. The first-order chi connectivity index (χ1) is 19.9. The number of H-pyrrole nitrogens is 1. The van der Waals surface area contributed by atoms with Gasteiger partial charge in [0.25, 0.3) is 0 Å². The number of aromatic amines is 1. The number of anilines is 1. The fraction of sp³-hybridized carbons (Fsp3) is 0.345. The molecule has 0 atom stereocenters. The minimum Gasteiger partial charge on any atom is -0.476 e. The Morgan fingerprint density at radius 1 is 1.07 bits per heavy atom. The highest BCUT2D eigenvalue weighted by Gasteiger charge is 2.20. The van der Waals surface area contributed by atoms with Crippen LogP contribution in [0.25, 0.3) is 33.4 Å². The van der Waals surface area contributed by atoms with E-state index in [4.69, 9.17) is 9.47 Å². The van der Waals surface area contributed by atoms with Crippen LogP contribution in [-0.2, 0) is 9.53 Å². The number of piperazine rings is 1. The van der Waals surface area contributed by atoms with Gasteiger partial charge < -0.3 is 19.4 Å². The number of ether oxygens (including phenoxy) is 2. The largest absolute Gasteiger partial charge is 0.476 e. The summed E-state index contributed by atoms with van der Waals surface area (Å²) in [7, 11) is 0. The maximum atomic E-state index is 14.8. The van der Waals surface area contributed by atoms with Crippen LogP contribution in [0.3, 0.4) is 0 Å². The number of hydrogen-bond donors (Lipinski definition) is 2. The molecule has 41 heavy (non-hydrogen) atoms. The lowest BCUT2D eigenvalue weighted by Gasteiger charge is -2.34. The summed E-state index contributed by atoms with van der Waals surface area (Å²) in [6.45, 7) is 8.17. The van der Waals surface area contributed by atoms with E-state index in [1.54, 1.807) is 25.3 Å². The van der Waals surface area contributed by atoms with E-state index < -0.39 is 11.9 Å². The third-order valence-corrected chi connectivity index (χ3v) is 6.85. The van der Waals surface area contributed by atoms with Gasteiger partial charge in [0, 0.05) is 68.7 Å². The molecule has 1 saturated heterocycles. The average molecular weight is 562 g/mol. The number of imidazole rings is 1. The highest BCUT2D eigenvalue weighted by molar-refractivity contribution is 5.97. The fourth-order valence-corrected chi connectivity index (χ4v) is 4.73. The molecule has 1 aromatic carbocycles. The van der Waals surface area contributed by atoms with Crippen molar-refractivity contribution in [3.63, 3.8) is 0 Å². The quantitative estimate of drug-likeness (QED) is 0.309. The molecule has 4 heterocycles. The number of hydrogen-bond acceptors (Lipinski definition) is 8. The first kappa shape index (κ1) is 28.0. The van der Waals surface area contributed by atoms with Gasteiger partial charge in [-0.15, -0.1) is 0 Å². The Kier molecular flexibility index (Phi) is 8.68. The molecule has 5 rings (SSSR count). The van der Waals surface area contributed by atoms with E-state index in [1.807, 2.05) is 24.0 Å². The van der Waals surface area contributed by atoms with Gasteiger partial charge in [-0.1, -0.05) is 6.92 Å². The van der Waals surface area contributed by atoms with Crippen molar-refractivity contribution in [2.24, 2.45) is 0 Å². The summed E-state index contributed by atoms with van der Waals surface area (Å²) in [5.41, 5.74) is 3.16. The number of rotatable bonds is 9. The second-order valence-electron chi connectivity index (χ2n) is 9.49.